The number of nitrogens with one attached hydrogen (secondary N) is 1. The van der Waals surface area contributed by atoms with Crippen LogP contribution >= 0.6 is 0 Å². The predicted molar refractivity (Wildman–Crippen MR) is 147 cm³/mol. The fourth-order valence-corrected chi connectivity index (χ4v) is 4.78. The molecule has 2 amide bonds. The van der Waals surface area contributed by atoms with Gasteiger partial charge in [-0.1, -0.05) is 50.6 Å². The number of allylic oxidation sites excluding steroid dienone is 2. The first-order valence-electron chi connectivity index (χ1n) is 13.6. The number of hydrogen-bond donors (Lipinski definition) is 2. The van der Waals surface area contributed by atoms with Gasteiger partial charge in [0.25, 0.3) is 5.91 Å². The van der Waals surface area contributed by atoms with Crippen LogP contribution in [0.3, 0.4) is 0 Å². The SMILES string of the molecule is CC1=C\[C@@H](O)C[C@H](N(C)C)Cc2nc(co2)C(=O)N2CCC2C(=O)OC(C(C)C)[C@H](C)/C=C/C(=O)NC\C=C\1. The number of nitrogens with zero attached hydrogens (tertiary/aromatic N) is 3. The monoisotopic (exact) mass is 542 g/mol. The van der Waals surface area contributed by atoms with E-state index in [0.29, 0.717) is 38.2 Å². The molecule has 10 nitrogen and oxygen atoms in total. The number of aliphatic hydroxyl groups is 1. The molecule has 1 aromatic heterocycles. The number of esters is 1. The molecule has 1 fully saturated rings. The van der Waals surface area contributed by atoms with E-state index in [1.165, 1.54) is 17.2 Å². The van der Waals surface area contributed by atoms with Crippen molar-refractivity contribution in [1.29, 1.82) is 0 Å². The summed E-state index contributed by atoms with van der Waals surface area (Å²) in [6, 6.07) is -0.782. The highest BCUT2D eigenvalue weighted by molar-refractivity contribution is 5.96. The van der Waals surface area contributed by atoms with E-state index in [1.807, 2.05) is 58.8 Å². The van der Waals surface area contributed by atoms with Gasteiger partial charge in [-0.15, -0.1) is 0 Å². The summed E-state index contributed by atoms with van der Waals surface area (Å²) in [5, 5.41) is 13.5. The van der Waals surface area contributed by atoms with Gasteiger partial charge in [-0.2, -0.15) is 0 Å². The Morgan fingerprint density at radius 3 is 2.59 bits per heavy atom. The second-order valence-electron chi connectivity index (χ2n) is 11.0. The standard InChI is InChI=1S/C29H42N4O6/c1-18(2)27-20(4)9-10-25(35)30-12-7-8-19(3)14-22(34)15-21(32(5)6)16-26-31-23(17-38-26)28(36)33-13-11-24(33)29(37)39-27/h7-10,14,17-18,20-22,24,27,34H,11-13,15-16H2,1-6H3,(H,30,35)/b8-7+,10-9+,19-14+/t20-,21+,22-,24?,27?/m1/s1. The number of aliphatic hydroxyl groups excluding tert-OH is 1. The molecule has 10 heteroatoms. The number of likely N-dealkylation sites (N-methyl/N-ethyl adjacent to an activating group) is 1. The average Bonchev–Trinajstić information content (AvgIpc) is 3.30. The number of hydrogen-bond acceptors (Lipinski definition) is 8. The van der Waals surface area contributed by atoms with E-state index in [2.05, 4.69) is 10.3 Å². The molecule has 0 aliphatic carbocycles. The molecule has 3 heterocycles. The van der Waals surface area contributed by atoms with Crippen molar-refractivity contribution in [3.63, 3.8) is 0 Å². The van der Waals surface area contributed by atoms with Crippen LogP contribution in [0.4, 0.5) is 0 Å². The highest BCUT2D eigenvalue weighted by Crippen LogP contribution is 2.26. The summed E-state index contributed by atoms with van der Waals surface area (Å²) in [5.41, 5.74) is 1.01. The van der Waals surface area contributed by atoms with Gasteiger partial charge in [0.1, 0.15) is 18.4 Å². The number of rotatable bonds is 2. The molecule has 1 aromatic rings. The number of oxazole rings is 1. The van der Waals surface area contributed by atoms with Gasteiger partial charge in [-0.25, -0.2) is 9.78 Å². The lowest BCUT2D eigenvalue weighted by molar-refractivity contribution is -0.162. The Hall–Kier alpha value is -3.24. The van der Waals surface area contributed by atoms with Gasteiger partial charge in [0.05, 0.1) is 6.10 Å². The lowest BCUT2D eigenvalue weighted by atomic mass is 9.93. The Labute approximate surface area is 230 Å². The largest absolute Gasteiger partial charge is 0.460 e. The van der Waals surface area contributed by atoms with Gasteiger partial charge in [0, 0.05) is 31.5 Å². The number of carbonyl (C=O) groups is 3. The molecule has 2 aliphatic heterocycles. The highest BCUT2D eigenvalue weighted by Gasteiger charge is 2.41. The van der Waals surface area contributed by atoms with Crippen molar-refractivity contribution >= 4 is 17.8 Å². The first-order chi connectivity index (χ1) is 18.5. The second kappa shape index (κ2) is 13.7. The van der Waals surface area contributed by atoms with Crippen molar-refractivity contribution < 1.29 is 28.6 Å². The Kier molecular flexibility index (Phi) is 10.7. The number of cyclic esters (lactones) is 1. The molecule has 5 atom stereocenters. The van der Waals surface area contributed by atoms with Crippen LogP contribution in [0.2, 0.25) is 0 Å². The molecule has 214 valence electrons. The minimum Gasteiger partial charge on any atom is -0.460 e. The fraction of sp³-hybridized carbons (Fsp3) is 0.586. The van der Waals surface area contributed by atoms with Crippen molar-refractivity contribution in [2.75, 3.05) is 27.2 Å². The van der Waals surface area contributed by atoms with Crippen LogP contribution in [0, 0.1) is 11.8 Å². The van der Waals surface area contributed by atoms with Crippen molar-refractivity contribution in [3.05, 3.63) is 53.8 Å². The molecule has 2 aliphatic rings. The molecular weight excluding hydrogens is 500 g/mol. The van der Waals surface area contributed by atoms with Crippen LogP contribution in [-0.2, 0) is 20.7 Å². The van der Waals surface area contributed by atoms with E-state index < -0.39 is 24.2 Å². The smallest absolute Gasteiger partial charge is 0.329 e. The highest BCUT2D eigenvalue weighted by atomic mass is 16.5. The number of ether oxygens (including phenoxy) is 1. The Balaban J connectivity index is 1.85. The number of aromatic nitrogens is 1. The van der Waals surface area contributed by atoms with E-state index in [9.17, 15) is 19.5 Å². The molecular formula is C29H42N4O6. The van der Waals surface area contributed by atoms with Crippen LogP contribution in [0.25, 0.3) is 0 Å². The molecule has 0 saturated carbocycles. The van der Waals surface area contributed by atoms with Gasteiger partial charge in [-0.3, -0.25) is 9.59 Å². The van der Waals surface area contributed by atoms with Crippen LogP contribution in [0.5, 0.6) is 0 Å². The molecule has 3 rings (SSSR count). The third kappa shape index (κ3) is 8.37. The van der Waals surface area contributed by atoms with E-state index in [-0.39, 0.29) is 35.4 Å². The Bertz CT molecular complexity index is 1110. The number of carbonyl (C=O) groups excluding carboxylic acids is 3. The fourth-order valence-electron chi connectivity index (χ4n) is 4.78. The summed E-state index contributed by atoms with van der Waals surface area (Å²) in [4.78, 5) is 46.4. The Morgan fingerprint density at radius 2 is 1.95 bits per heavy atom. The van der Waals surface area contributed by atoms with Crippen molar-refractivity contribution in [1.82, 2.24) is 20.1 Å². The van der Waals surface area contributed by atoms with Crippen LogP contribution < -0.4 is 5.32 Å². The average molecular weight is 543 g/mol. The van der Waals surface area contributed by atoms with Gasteiger partial charge < -0.3 is 29.4 Å². The van der Waals surface area contributed by atoms with Crippen LogP contribution in [0.15, 0.2) is 46.6 Å². The van der Waals surface area contributed by atoms with E-state index in [4.69, 9.17) is 9.15 Å². The first kappa shape index (κ1) is 30.3. The van der Waals surface area contributed by atoms with Gasteiger partial charge in [-0.05, 0) is 45.9 Å². The second-order valence-corrected chi connectivity index (χ2v) is 11.0. The van der Waals surface area contributed by atoms with Gasteiger partial charge in [0.15, 0.2) is 11.6 Å². The zero-order chi connectivity index (χ0) is 28.7. The summed E-state index contributed by atoms with van der Waals surface area (Å²) in [5.74, 6) is -0.915. The summed E-state index contributed by atoms with van der Waals surface area (Å²) < 4.78 is 11.5. The van der Waals surface area contributed by atoms with Gasteiger partial charge in [0.2, 0.25) is 5.91 Å². The minimum atomic E-state index is -0.708. The molecule has 2 unspecified atom stereocenters. The van der Waals surface area contributed by atoms with E-state index in [1.54, 1.807) is 12.2 Å². The third-order valence-corrected chi connectivity index (χ3v) is 7.19. The summed E-state index contributed by atoms with van der Waals surface area (Å²) in [6.45, 7) is 8.44. The minimum absolute atomic E-state index is 0.00570. The molecule has 2 N–H and O–H groups in total. The molecule has 1 saturated heterocycles. The maximum atomic E-state index is 13.2. The van der Waals surface area contributed by atoms with Crippen molar-refractivity contribution in [3.8, 4) is 0 Å². The lowest BCUT2D eigenvalue weighted by Crippen LogP contribution is -2.56. The van der Waals surface area contributed by atoms with Crippen LogP contribution in [0.1, 0.15) is 56.9 Å². The van der Waals surface area contributed by atoms with E-state index in [0.717, 1.165) is 5.57 Å². The molecule has 0 spiro atoms. The zero-order valence-corrected chi connectivity index (χ0v) is 23.8. The summed E-state index contributed by atoms with van der Waals surface area (Å²) in [6.07, 6.45) is 10.1. The topological polar surface area (TPSA) is 125 Å². The quantitative estimate of drug-likeness (QED) is 0.546. The molecule has 39 heavy (non-hydrogen) atoms. The number of amides is 2. The van der Waals surface area contributed by atoms with E-state index >= 15 is 0 Å². The maximum Gasteiger partial charge on any atom is 0.329 e. The van der Waals surface area contributed by atoms with Crippen molar-refractivity contribution in [2.24, 2.45) is 11.8 Å². The molecule has 2 bridgehead atoms. The zero-order valence-electron chi connectivity index (χ0n) is 23.8. The van der Waals surface area contributed by atoms with Crippen molar-refractivity contribution in [2.45, 2.75) is 71.2 Å². The Morgan fingerprint density at radius 1 is 1.21 bits per heavy atom. The predicted octanol–water partition coefficient (Wildman–Crippen LogP) is 2.51. The third-order valence-electron chi connectivity index (χ3n) is 7.19. The maximum absolute atomic E-state index is 13.2. The van der Waals surface area contributed by atoms with Gasteiger partial charge >= 0.3 is 5.97 Å². The normalized spacial score (nSPS) is 31.0. The lowest BCUT2D eigenvalue weighted by Gasteiger charge is -2.39. The van der Waals surface area contributed by atoms with Crippen LogP contribution in [-0.4, -0.2) is 89.2 Å². The number of fused-ring (bicyclic) bond motifs is 3. The summed E-state index contributed by atoms with van der Waals surface area (Å²) in [7, 11) is 3.82. The first-order valence-corrected chi connectivity index (χ1v) is 13.6. The molecule has 0 radical (unpaired) electrons. The summed E-state index contributed by atoms with van der Waals surface area (Å²) >= 11 is 0. The molecule has 0 aromatic carbocycles.